The summed E-state index contributed by atoms with van der Waals surface area (Å²) in [6.45, 7) is 6.66. The van der Waals surface area contributed by atoms with E-state index in [2.05, 4.69) is 33.2 Å². The van der Waals surface area contributed by atoms with Gasteiger partial charge < -0.3 is 10.1 Å². The molecule has 1 aromatic rings. The highest BCUT2D eigenvalue weighted by atomic mass is 79.9. The highest BCUT2D eigenvalue weighted by molar-refractivity contribution is 9.10. The third-order valence-corrected chi connectivity index (χ3v) is 2.79. The first kappa shape index (κ1) is 12.5. The number of rotatable bonds is 6. The number of aromatic nitrogens is 1. The smallest absolute Gasteiger partial charge is 0.213 e. The molecule has 0 aliphatic carbocycles. The van der Waals surface area contributed by atoms with E-state index >= 15 is 0 Å². The summed E-state index contributed by atoms with van der Waals surface area (Å²) in [5.41, 5.74) is 0.953. The monoisotopic (exact) mass is 272 g/mol. The Labute approximate surface area is 99.4 Å². The molecule has 15 heavy (non-hydrogen) atoms. The molecule has 0 aromatic carbocycles. The zero-order valence-corrected chi connectivity index (χ0v) is 10.8. The highest BCUT2D eigenvalue weighted by Gasteiger charge is 1.99. The van der Waals surface area contributed by atoms with Crippen molar-refractivity contribution in [1.29, 1.82) is 0 Å². The number of hydrogen-bond acceptors (Lipinski definition) is 3. The summed E-state index contributed by atoms with van der Waals surface area (Å²) in [5.74, 6) is 0.689. The van der Waals surface area contributed by atoms with Crippen molar-refractivity contribution in [3.8, 4) is 5.88 Å². The zero-order chi connectivity index (χ0) is 11.1. The molecule has 0 spiro atoms. The largest absolute Gasteiger partial charge is 0.476 e. The Hall–Kier alpha value is -0.610. The van der Waals surface area contributed by atoms with E-state index in [1.807, 2.05) is 19.1 Å². The molecule has 3 nitrogen and oxygen atoms in total. The third-order valence-electron chi connectivity index (χ3n) is 1.95. The van der Waals surface area contributed by atoms with Gasteiger partial charge in [0.25, 0.3) is 0 Å². The molecule has 1 aromatic heterocycles. The molecule has 0 saturated heterocycles. The van der Waals surface area contributed by atoms with Crippen molar-refractivity contribution >= 4 is 15.9 Å². The molecular weight excluding hydrogens is 256 g/mol. The molecule has 84 valence electrons. The van der Waals surface area contributed by atoms with Crippen LogP contribution in [0.15, 0.2) is 16.6 Å². The number of hydrogen-bond donors (Lipinski definition) is 1. The fourth-order valence-corrected chi connectivity index (χ4v) is 1.35. The number of aryl methyl sites for hydroxylation is 1. The molecule has 1 N–H and O–H groups in total. The van der Waals surface area contributed by atoms with Crippen LogP contribution in [0.4, 0.5) is 0 Å². The summed E-state index contributed by atoms with van der Waals surface area (Å²) in [7, 11) is 0. The average molecular weight is 273 g/mol. The van der Waals surface area contributed by atoms with Crippen molar-refractivity contribution in [2.24, 2.45) is 0 Å². The van der Waals surface area contributed by atoms with Gasteiger partial charge >= 0.3 is 0 Å². The van der Waals surface area contributed by atoms with Crippen LogP contribution in [0.3, 0.4) is 0 Å². The zero-order valence-electron chi connectivity index (χ0n) is 9.22. The lowest BCUT2D eigenvalue weighted by molar-refractivity contribution is 0.302. The van der Waals surface area contributed by atoms with E-state index < -0.39 is 0 Å². The van der Waals surface area contributed by atoms with Gasteiger partial charge in [-0.1, -0.05) is 6.92 Å². The first-order valence-electron chi connectivity index (χ1n) is 5.20. The minimum atomic E-state index is 0.661. The maximum absolute atomic E-state index is 5.49. The Morgan fingerprint density at radius 3 is 2.87 bits per heavy atom. The van der Waals surface area contributed by atoms with Gasteiger partial charge in [-0.2, -0.15) is 0 Å². The molecule has 0 unspecified atom stereocenters. The summed E-state index contributed by atoms with van der Waals surface area (Å²) in [4.78, 5) is 4.29. The predicted octanol–water partition coefficient (Wildman–Crippen LogP) is 2.53. The Kier molecular flexibility index (Phi) is 5.65. The van der Waals surface area contributed by atoms with E-state index in [1.54, 1.807) is 0 Å². The Bertz CT molecular complexity index is 305. The predicted molar refractivity (Wildman–Crippen MR) is 65.3 cm³/mol. The summed E-state index contributed by atoms with van der Waals surface area (Å²) in [6.07, 6.45) is 1.15. The van der Waals surface area contributed by atoms with Gasteiger partial charge in [-0.05, 0) is 41.9 Å². The molecule has 0 saturated carbocycles. The van der Waals surface area contributed by atoms with E-state index in [1.165, 1.54) is 0 Å². The maximum atomic E-state index is 5.49. The van der Waals surface area contributed by atoms with Crippen molar-refractivity contribution in [1.82, 2.24) is 10.3 Å². The van der Waals surface area contributed by atoms with E-state index in [9.17, 15) is 0 Å². The van der Waals surface area contributed by atoms with E-state index in [0.29, 0.717) is 12.5 Å². The lowest BCUT2D eigenvalue weighted by Gasteiger charge is -2.07. The van der Waals surface area contributed by atoms with E-state index in [-0.39, 0.29) is 0 Å². The number of pyridine rings is 1. The fourth-order valence-electron chi connectivity index (χ4n) is 1.13. The second-order valence-electron chi connectivity index (χ2n) is 3.32. The van der Waals surface area contributed by atoms with Gasteiger partial charge in [0.2, 0.25) is 5.88 Å². The van der Waals surface area contributed by atoms with Crippen LogP contribution in [-0.4, -0.2) is 24.7 Å². The van der Waals surface area contributed by atoms with Gasteiger partial charge in [-0.15, -0.1) is 0 Å². The number of nitrogens with one attached hydrogen (secondary N) is 1. The number of ether oxygens (including phenoxy) is 1. The first-order chi connectivity index (χ1) is 7.24. The van der Waals surface area contributed by atoms with Gasteiger partial charge in [0.1, 0.15) is 6.61 Å². The Morgan fingerprint density at radius 1 is 1.40 bits per heavy atom. The summed E-state index contributed by atoms with van der Waals surface area (Å²) < 4.78 is 6.51. The van der Waals surface area contributed by atoms with Crippen LogP contribution in [0.25, 0.3) is 0 Å². The van der Waals surface area contributed by atoms with E-state index in [0.717, 1.165) is 29.7 Å². The Morgan fingerprint density at radius 2 is 2.20 bits per heavy atom. The minimum Gasteiger partial charge on any atom is -0.476 e. The standard InChI is InChI=1S/C11H17BrN2O/c1-3-6-13-7-8-15-11-5-4-10(12)9(2)14-11/h4-5,13H,3,6-8H2,1-2H3. The number of halogens is 1. The molecule has 0 radical (unpaired) electrons. The van der Waals surface area contributed by atoms with Crippen molar-refractivity contribution in [2.45, 2.75) is 20.3 Å². The molecule has 0 bridgehead atoms. The maximum Gasteiger partial charge on any atom is 0.213 e. The fraction of sp³-hybridized carbons (Fsp3) is 0.545. The highest BCUT2D eigenvalue weighted by Crippen LogP contribution is 2.17. The second-order valence-corrected chi connectivity index (χ2v) is 4.17. The molecule has 1 rings (SSSR count). The molecule has 1 heterocycles. The molecule has 0 amide bonds. The summed E-state index contributed by atoms with van der Waals surface area (Å²) >= 11 is 3.40. The van der Waals surface area contributed by atoms with E-state index in [4.69, 9.17) is 4.74 Å². The first-order valence-corrected chi connectivity index (χ1v) is 6.00. The lowest BCUT2D eigenvalue weighted by Crippen LogP contribution is -2.21. The summed E-state index contributed by atoms with van der Waals surface area (Å²) in [6, 6.07) is 3.83. The van der Waals surface area contributed by atoms with Gasteiger partial charge in [0.05, 0.1) is 5.69 Å². The van der Waals surface area contributed by atoms with Crippen molar-refractivity contribution in [2.75, 3.05) is 19.7 Å². The molecule has 0 aliphatic rings. The topological polar surface area (TPSA) is 34.1 Å². The third kappa shape index (κ3) is 4.62. The van der Waals surface area contributed by atoms with Crippen LogP contribution in [-0.2, 0) is 0 Å². The van der Waals surface area contributed by atoms with Crippen LogP contribution in [0, 0.1) is 6.92 Å². The minimum absolute atomic E-state index is 0.661. The van der Waals surface area contributed by atoms with Gasteiger partial charge in [-0.3, -0.25) is 0 Å². The molecule has 4 heteroatoms. The van der Waals surface area contributed by atoms with Crippen LogP contribution in [0.2, 0.25) is 0 Å². The van der Waals surface area contributed by atoms with Crippen molar-refractivity contribution < 1.29 is 4.74 Å². The SMILES string of the molecule is CCCNCCOc1ccc(Br)c(C)n1. The molecular formula is C11H17BrN2O. The molecule has 0 fully saturated rings. The van der Waals surface area contributed by atoms with Gasteiger partial charge in [0, 0.05) is 17.1 Å². The molecule has 0 atom stereocenters. The number of nitrogens with zero attached hydrogens (tertiary/aromatic N) is 1. The van der Waals surface area contributed by atoms with Crippen molar-refractivity contribution in [3.63, 3.8) is 0 Å². The lowest BCUT2D eigenvalue weighted by atomic mass is 10.4. The normalized spacial score (nSPS) is 10.3. The average Bonchev–Trinajstić information content (AvgIpc) is 2.23. The Balaban J connectivity index is 2.28. The van der Waals surface area contributed by atoms with Gasteiger partial charge in [0.15, 0.2) is 0 Å². The summed E-state index contributed by atoms with van der Waals surface area (Å²) in [5, 5.41) is 3.27. The quantitative estimate of drug-likeness (QED) is 0.809. The van der Waals surface area contributed by atoms with Crippen LogP contribution in [0.5, 0.6) is 5.88 Å². The second kappa shape index (κ2) is 6.80. The van der Waals surface area contributed by atoms with Gasteiger partial charge in [-0.25, -0.2) is 4.98 Å². The molecule has 0 aliphatic heterocycles. The van der Waals surface area contributed by atoms with Crippen LogP contribution in [0.1, 0.15) is 19.0 Å². The van der Waals surface area contributed by atoms with Crippen molar-refractivity contribution in [3.05, 3.63) is 22.3 Å². The van der Waals surface area contributed by atoms with Crippen LogP contribution >= 0.6 is 15.9 Å². The van der Waals surface area contributed by atoms with Crippen LogP contribution < -0.4 is 10.1 Å².